The Balaban J connectivity index is 2.73. The van der Waals surface area contributed by atoms with E-state index in [1.165, 1.54) is 0 Å². The van der Waals surface area contributed by atoms with Gasteiger partial charge in [0, 0.05) is 12.2 Å². The second-order valence-corrected chi connectivity index (χ2v) is 3.34. The van der Waals surface area contributed by atoms with Crippen molar-refractivity contribution >= 4 is 22.9 Å². The first kappa shape index (κ1) is 9.99. The molecular weight excluding hydrogens is 180 g/mol. The lowest BCUT2D eigenvalue weighted by molar-refractivity contribution is 0.926. The Hall–Kier alpha value is -1.09. The topological polar surface area (TPSA) is 29.3 Å². The molecule has 0 unspecified atom stereocenters. The maximum Gasteiger partial charge on any atom is 0.0923 e. The molecule has 2 nitrogen and oxygen atoms in total. The van der Waals surface area contributed by atoms with Crippen LogP contribution in [0.3, 0.4) is 0 Å². The number of nitrogens with zero attached hydrogens (tertiary/aromatic N) is 1. The number of anilines is 1. The van der Waals surface area contributed by atoms with Crippen molar-refractivity contribution in [2.75, 3.05) is 18.0 Å². The van der Waals surface area contributed by atoms with Crippen LogP contribution in [0.4, 0.5) is 5.69 Å². The van der Waals surface area contributed by atoms with Gasteiger partial charge in [-0.1, -0.05) is 30.4 Å². The molecule has 0 radical (unpaired) electrons. The van der Waals surface area contributed by atoms with Gasteiger partial charge in [0.15, 0.2) is 0 Å². The van der Waals surface area contributed by atoms with Crippen LogP contribution >= 0.6 is 12.2 Å². The van der Waals surface area contributed by atoms with Crippen molar-refractivity contribution in [1.82, 2.24) is 0 Å². The van der Waals surface area contributed by atoms with Crippen molar-refractivity contribution in [2.24, 2.45) is 5.73 Å². The third-order valence-corrected chi connectivity index (χ3v) is 1.98. The number of hydrogen-bond donors (Lipinski definition) is 1. The highest BCUT2D eigenvalue weighted by molar-refractivity contribution is 7.80. The summed E-state index contributed by atoms with van der Waals surface area (Å²) in [7, 11) is 0. The fraction of sp³-hybridized carbons (Fsp3) is 0.300. The number of para-hydroxylation sites is 1. The number of rotatable bonds is 4. The van der Waals surface area contributed by atoms with Crippen molar-refractivity contribution in [3.05, 3.63) is 30.3 Å². The van der Waals surface area contributed by atoms with E-state index in [1.54, 1.807) is 0 Å². The number of benzene rings is 1. The van der Waals surface area contributed by atoms with Gasteiger partial charge in [-0.15, -0.1) is 0 Å². The monoisotopic (exact) mass is 194 g/mol. The summed E-state index contributed by atoms with van der Waals surface area (Å²) in [6.07, 6.45) is 0. The second-order valence-electron chi connectivity index (χ2n) is 2.82. The smallest absolute Gasteiger partial charge is 0.0923 e. The fourth-order valence-corrected chi connectivity index (χ4v) is 1.37. The molecule has 0 aromatic heterocycles. The van der Waals surface area contributed by atoms with Gasteiger partial charge < -0.3 is 10.6 Å². The van der Waals surface area contributed by atoms with E-state index in [4.69, 9.17) is 18.0 Å². The summed E-state index contributed by atoms with van der Waals surface area (Å²) in [5, 5.41) is 0. The van der Waals surface area contributed by atoms with E-state index >= 15 is 0 Å². The Morgan fingerprint density at radius 2 is 2.00 bits per heavy atom. The van der Waals surface area contributed by atoms with Crippen molar-refractivity contribution in [2.45, 2.75) is 6.92 Å². The SMILES string of the molecule is CCN(CC(N)=S)c1ccccc1. The molecule has 0 fully saturated rings. The van der Waals surface area contributed by atoms with E-state index in [0.717, 1.165) is 12.2 Å². The second kappa shape index (κ2) is 4.82. The third-order valence-electron chi connectivity index (χ3n) is 1.85. The highest BCUT2D eigenvalue weighted by Crippen LogP contribution is 2.11. The third kappa shape index (κ3) is 3.03. The van der Waals surface area contributed by atoms with E-state index in [9.17, 15) is 0 Å². The molecule has 1 aromatic carbocycles. The Morgan fingerprint density at radius 3 is 2.46 bits per heavy atom. The van der Waals surface area contributed by atoms with E-state index in [0.29, 0.717) is 11.5 Å². The van der Waals surface area contributed by atoms with Gasteiger partial charge in [-0.25, -0.2) is 0 Å². The van der Waals surface area contributed by atoms with Crippen LogP contribution in [0, 0.1) is 0 Å². The van der Waals surface area contributed by atoms with Crippen LogP contribution < -0.4 is 10.6 Å². The molecule has 3 heteroatoms. The van der Waals surface area contributed by atoms with Gasteiger partial charge in [0.1, 0.15) is 0 Å². The Morgan fingerprint density at radius 1 is 1.38 bits per heavy atom. The zero-order valence-electron chi connectivity index (χ0n) is 7.73. The summed E-state index contributed by atoms with van der Waals surface area (Å²) in [5.41, 5.74) is 6.66. The summed E-state index contributed by atoms with van der Waals surface area (Å²) in [6, 6.07) is 10.1. The van der Waals surface area contributed by atoms with Crippen molar-refractivity contribution < 1.29 is 0 Å². The Kier molecular flexibility index (Phi) is 3.71. The molecule has 0 spiro atoms. The van der Waals surface area contributed by atoms with Crippen LogP contribution in [-0.4, -0.2) is 18.1 Å². The van der Waals surface area contributed by atoms with E-state index < -0.39 is 0 Å². The lowest BCUT2D eigenvalue weighted by Crippen LogP contribution is -2.32. The number of thiocarbonyl (C=S) groups is 1. The lowest BCUT2D eigenvalue weighted by atomic mass is 10.3. The minimum Gasteiger partial charge on any atom is -0.392 e. The maximum atomic E-state index is 5.50. The minimum atomic E-state index is 0.533. The highest BCUT2D eigenvalue weighted by Gasteiger charge is 2.03. The first-order valence-corrected chi connectivity index (χ1v) is 4.73. The maximum absolute atomic E-state index is 5.50. The highest BCUT2D eigenvalue weighted by atomic mass is 32.1. The molecule has 0 heterocycles. The van der Waals surface area contributed by atoms with Gasteiger partial charge in [-0.05, 0) is 19.1 Å². The zero-order valence-corrected chi connectivity index (χ0v) is 8.55. The van der Waals surface area contributed by atoms with Gasteiger partial charge in [-0.3, -0.25) is 0 Å². The molecule has 0 atom stereocenters. The average Bonchev–Trinajstić information content (AvgIpc) is 2.15. The summed E-state index contributed by atoms with van der Waals surface area (Å²) in [5.74, 6) is 0. The van der Waals surface area contributed by atoms with E-state index in [2.05, 4.69) is 24.0 Å². The van der Waals surface area contributed by atoms with Crippen LogP contribution in [0.5, 0.6) is 0 Å². The summed E-state index contributed by atoms with van der Waals surface area (Å²) in [6.45, 7) is 3.66. The van der Waals surface area contributed by atoms with Crippen LogP contribution in [0.1, 0.15) is 6.92 Å². The van der Waals surface area contributed by atoms with Gasteiger partial charge in [-0.2, -0.15) is 0 Å². The molecule has 0 saturated carbocycles. The lowest BCUT2D eigenvalue weighted by Gasteiger charge is -2.21. The molecule has 0 aliphatic heterocycles. The summed E-state index contributed by atoms with van der Waals surface area (Å²) < 4.78 is 0. The van der Waals surface area contributed by atoms with Crippen LogP contribution in [0.2, 0.25) is 0 Å². The standard InChI is InChI=1S/C10H14N2S/c1-2-12(8-10(11)13)9-6-4-3-5-7-9/h3-7H,2,8H2,1H3,(H2,11,13). The molecule has 70 valence electrons. The molecule has 0 saturated heterocycles. The van der Waals surface area contributed by atoms with Gasteiger partial charge in [0.05, 0.1) is 11.5 Å². The minimum absolute atomic E-state index is 0.533. The first-order chi connectivity index (χ1) is 6.24. The zero-order chi connectivity index (χ0) is 9.68. The van der Waals surface area contributed by atoms with E-state index in [1.807, 2.05) is 18.2 Å². The van der Waals surface area contributed by atoms with Gasteiger partial charge in [0.25, 0.3) is 0 Å². The molecule has 0 aliphatic rings. The molecule has 0 bridgehead atoms. The predicted molar refractivity (Wildman–Crippen MR) is 61.1 cm³/mol. The molecule has 1 rings (SSSR count). The van der Waals surface area contributed by atoms with Crippen molar-refractivity contribution in [3.63, 3.8) is 0 Å². The fourth-order valence-electron chi connectivity index (χ4n) is 1.21. The van der Waals surface area contributed by atoms with Crippen molar-refractivity contribution in [3.8, 4) is 0 Å². The van der Waals surface area contributed by atoms with Crippen molar-refractivity contribution in [1.29, 1.82) is 0 Å². The Labute approximate surface area is 84.3 Å². The number of hydrogen-bond acceptors (Lipinski definition) is 2. The average molecular weight is 194 g/mol. The summed E-state index contributed by atoms with van der Waals surface area (Å²) in [4.78, 5) is 2.67. The normalized spacial score (nSPS) is 9.62. The largest absolute Gasteiger partial charge is 0.392 e. The molecule has 0 aliphatic carbocycles. The van der Waals surface area contributed by atoms with Crippen LogP contribution in [0.25, 0.3) is 0 Å². The van der Waals surface area contributed by atoms with Crippen LogP contribution in [-0.2, 0) is 0 Å². The molecule has 2 N–H and O–H groups in total. The molecule has 0 amide bonds. The van der Waals surface area contributed by atoms with Gasteiger partial charge >= 0.3 is 0 Å². The molecule has 13 heavy (non-hydrogen) atoms. The predicted octanol–water partition coefficient (Wildman–Crippen LogP) is 1.80. The van der Waals surface area contributed by atoms with Crippen LogP contribution in [0.15, 0.2) is 30.3 Å². The molecular formula is C10H14N2S. The number of likely N-dealkylation sites (N-methyl/N-ethyl adjacent to an activating group) is 1. The first-order valence-electron chi connectivity index (χ1n) is 4.32. The van der Waals surface area contributed by atoms with Gasteiger partial charge in [0.2, 0.25) is 0 Å². The Bertz CT molecular complexity index is 272. The van der Waals surface area contributed by atoms with E-state index in [-0.39, 0.29) is 0 Å². The summed E-state index contributed by atoms with van der Waals surface area (Å²) >= 11 is 4.87. The quantitative estimate of drug-likeness (QED) is 0.741. The number of nitrogens with two attached hydrogens (primary N) is 1. The molecule has 1 aromatic rings.